The quantitative estimate of drug-likeness (QED) is 0.421. The molecule has 0 N–H and O–H groups in total. The van der Waals surface area contributed by atoms with E-state index in [0.29, 0.717) is 0 Å². The number of benzene rings is 2. The van der Waals surface area contributed by atoms with Crippen LogP contribution in [-0.2, 0) is 33.7 Å². The first-order valence-electron chi connectivity index (χ1n) is 7.47. The summed E-state index contributed by atoms with van der Waals surface area (Å²) in [5, 5.41) is 2.73. The number of rotatable bonds is 3. The van der Waals surface area contributed by atoms with Crippen LogP contribution in [0.5, 0.6) is 0 Å². The molecule has 0 spiro atoms. The monoisotopic (exact) mass is 407 g/mol. The second-order valence-corrected chi connectivity index (χ2v) is 8.88. The second kappa shape index (κ2) is 8.97. The van der Waals surface area contributed by atoms with E-state index in [-0.39, 0.29) is 0 Å². The van der Waals surface area contributed by atoms with Crippen LogP contribution in [0.25, 0.3) is 21.9 Å². The molecule has 114 valence electrons. The topological polar surface area (TPSA) is 0 Å². The van der Waals surface area contributed by atoms with E-state index < -0.39 is 20.8 Å². The SMILES string of the molecule is CCc1ccc(-c2cccc3[cH-]c(CC)cc23)cc1.[Cl][Zr][Cl]. The Kier molecular flexibility index (Phi) is 7.28. The molecule has 0 aromatic heterocycles. The molecule has 0 atom stereocenters. The molecule has 0 amide bonds. The molecule has 0 heterocycles. The first-order valence-corrected chi connectivity index (χ1v) is 13.8. The molecule has 3 rings (SSSR count). The molecule has 3 aromatic rings. The van der Waals surface area contributed by atoms with E-state index in [9.17, 15) is 0 Å². The zero-order chi connectivity index (χ0) is 15.9. The predicted octanol–water partition coefficient (Wildman–Crippen LogP) is 6.73. The fourth-order valence-electron chi connectivity index (χ4n) is 2.67. The summed E-state index contributed by atoms with van der Waals surface area (Å²) in [6, 6.07) is 20.2. The van der Waals surface area contributed by atoms with Crippen LogP contribution in [0.1, 0.15) is 25.0 Å². The van der Waals surface area contributed by atoms with Gasteiger partial charge in [-0.1, -0.05) is 49.7 Å². The predicted molar refractivity (Wildman–Crippen MR) is 95.4 cm³/mol. The van der Waals surface area contributed by atoms with Crippen molar-refractivity contribution in [2.45, 2.75) is 26.7 Å². The Morgan fingerprint density at radius 2 is 1.64 bits per heavy atom. The molecule has 0 unspecified atom stereocenters. The van der Waals surface area contributed by atoms with Gasteiger partial charge >= 0.3 is 37.9 Å². The van der Waals surface area contributed by atoms with Crippen LogP contribution in [-0.4, -0.2) is 0 Å². The normalized spacial score (nSPS) is 10.2. The zero-order valence-electron chi connectivity index (χ0n) is 12.9. The molecule has 0 nitrogen and oxygen atoms in total. The van der Waals surface area contributed by atoms with Crippen LogP contribution >= 0.6 is 17.0 Å². The third kappa shape index (κ3) is 4.28. The van der Waals surface area contributed by atoms with Crippen molar-refractivity contribution in [3.05, 3.63) is 65.7 Å². The van der Waals surface area contributed by atoms with Gasteiger partial charge in [0.1, 0.15) is 0 Å². The summed E-state index contributed by atoms with van der Waals surface area (Å²) < 4.78 is 0. The van der Waals surface area contributed by atoms with Crippen LogP contribution in [0.4, 0.5) is 0 Å². The van der Waals surface area contributed by atoms with Gasteiger partial charge in [0.15, 0.2) is 0 Å². The minimum absolute atomic E-state index is 0.826. The van der Waals surface area contributed by atoms with E-state index in [2.05, 4.69) is 68.4 Å². The summed E-state index contributed by atoms with van der Waals surface area (Å²) in [6.45, 7) is 4.41. The average Bonchev–Trinajstić information content (AvgIpc) is 2.99. The minimum atomic E-state index is -0.826. The second-order valence-electron chi connectivity index (χ2n) is 5.15. The molecule has 22 heavy (non-hydrogen) atoms. The molecule has 0 saturated carbocycles. The van der Waals surface area contributed by atoms with Gasteiger partial charge in [0.2, 0.25) is 0 Å². The van der Waals surface area contributed by atoms with E-state index in [4.69, 9.17) is 17.0 Å². The van der Waals surface area contributed by atoms with Crippen molar-refractivity contribution >= 4 is 27.8 Å². The van der Waals surface area contributed by atoms with Crippen LogP contribution in [0.15, 0.2) is 54.6 Å². The van der Waals surface area contributed by atoms with E-state index in [1.54, 1.807) is 0 Å². The van der Waals surface area contributed by atoms with Crippen LogP contribution in [0.3, 0.4) is 0 Å². The number of aryl methyl sites for hydroxylation is 2. The number of hydrogen-bond acceptors (Lipinski definition) is 0. The average molecular weight is 409 g/mol. The van der Waals surface area contributed by atoms with E-state index in [1.807, 2.05) is 0 Å². The van der Waals surface area contributed by atoms with Crippen molar-refractivity contribution in [2.24, 2.45) is 0 Å². The van der Waals surface area contributed by atoms with Crippen LogP contribution < -0.4 is 0 Å². The van der Waals surface area contributed by atoms with E-state index >= 15 is 0 Å². The van der Waals surface area contributed by atoms with Crippen molar-refractivity contribution in [1.82, 2.24) is 0 Å². The van der Waals surface area contributed by atoms with Crippen LogP contribution in [0.2, 0.25) is 0 Å². The Morgan fingerprint density at radius 3 is 2.23 bits per heavy atom. The maximum atomic E-state index is 4.93. The third-order valence-corrected chi connectivity index (χ3v) is 3.89. The molecule has 3 heteroatoms. The Morgan fingerprint density at radius 1 is 0.955 bits per heavy atom. The van der Waals surface area contributed by atoms with Crippen molar-refractivity contribution in [2.75, 3.05) is 0 Å². The third-order valence-electron chi connectivity index (χ3n) is 3.89. The molecule has 0 radical (unpaired) electrons. The van der Waals surface area contributed by atoms with Gasteiger partial charge < -0.3 is 0 Å². The standard InChI is InChI=1S/C19H19.2ClH.Zr/c1-3-14-8-10-16(11-9-14)18-7-5-6-17-12-15(4-2)13-19(17)18;;;/h5-13H,3-4H2,1-2H3;2*1H;/q-1;;;+2/p-2. The first kappa shape index (κ1) is 17.9. The molecule has 0 aliphatic carbocycles. The van der Waals surface area contributed by atoms with Gasteiger partial charge in [0.05, 0.1) is 0 Å². The van der Waals surface area contributed by atoms with Gasteiger partial charge in [0, 0.05) is 0 Å². The molecule has 3 aromatic carbocycles. The molecule has 0 aliphatic rings. The molecular formula is C19H19Cl2Zr-. The fraction of sp³-hybridized carbons (Fsp3) is 0.211. The summed E-state index contributed by atoms with van der Waals surface area (Å²) in [5.74, 6) is 0. The van der Waals surface area contributed by atoms with Crippen molar-refractivity contribution in [3.63, 3.8) is 0 Å². The summed E-state index contributed by atoms with van der Waals surface area (Å²) in [6.07, 6.45) is 2.20. The Labute approximate surface area is 151 Å². The van der Waals surface area contributed by atoms with Gasteiger partial charge in [-0.2, -0.15) is 6.07 Å². The Bertz CT molecular complexity index is 714. The van der Waals surface area contributed by atoms with Crippen LogP contribution in [0, 0.1) is 0 Å². The van der Waals surface area contributed by atoms with Gasteiger partial charge in [-0.05, 0) is 24.0 Å². The van der Waals surface area contributed by atoms with Crippen molar-refractivity contribution in [3.8, 4) is 11.1 Å². The Balaban J connectivity index is 0.000000545. The van der Waals surface area contributed by atoms with Crippen molar-refractivity contribution < 1.29 is 20.8 Å². The van der Waals surface area contributed by atoms with Gasteiger partial charge in [-0.3, -0.25) is 0 Å². The molecule has 0 saturated heterocycles. The van der Waals surface area contributed by atoms with E-state index in [0.717, 1.165) is 12.8 Å². The molecule has 0 aliphatic heterocycles. The summed E-state index contributed by atoms with van der Waals surface area (Å²) >= 11 is -0.826. The number of fused-ring (bicyclic) bond motifs is 1. The summed E-state index contributed by atoms with van der Waals surface area (Å²) in [7, 11) is 9.87. The fourth-order valence-corrected chi connectivity index (χ4v) is 2.67. The first-order chi connectivity index (χ1) is 10.7. The zero-order valence-corrected chi connectivity index (χ0v) is 16.8. The maximum absolute atomic E-state index is 4.93. The van der Waals surface area contributed by atoms with Gasteiger partial charge in [0.25, 0.3) is 0 Å². The molecule has 0 bridgehead atoms. The number of hydrogen-bond donors (Lipinski definition) is 0. The van der Waals surface area contributed by atoms with E-state index in [1.165, 1.54) is 33.0 Å². The molecular weight excluding hydrogens is 390 g/mol. The number of halogens is 2. The van der Waals surface area contributed by atoms with Gasteiger partial charge in [-0.25, -0.2) is 0 Å². The molecule has 0 fully saturated rings. The summed E-state index contributed by atoms with van der Waals surface area (Å²) in [4.78, 5) is 0. The summed E-state index contributed by atoms with van der Waals surface area (Å²) in [5.41, 5.74) is 5.48. The Hall–Kier alpha value is -0.487. The van der Waals surface area contributed by atoms with Crippen molar-refractivity contribution in [1.29, 1.82) is 0 Å². The van der Waals surface area contributed by atoms with Gasteiger partial charge in [-0.15, -0.1) is 34.5 Å².